The van der Waals surface area contributed by atoms with Gasteiger partial charge in [-0.3, -0.25) is 0 Å². The number of methoxy groups -OCH3 is 1. The number of ether oxygens (including phenoxy) is 1. The lowest BCUT2D eigenvalue weighted by Gasteiger charge is -2.41. The van der Waals surface area contributed by atoms with Crippen molar-refractivity contribution in [3.63, 3.8) is 0 Å². The van der Waals surface area contributed by atoms with Crippen molar-refractivity contribution >= 4 is 23.3 Å². The molecule has 0 spiro atoms. The highest BCUT2D eigenvalue weighted by Gasteiger charge is 2.27. The Morgan fingerprint density at radius 1 is 1.29 bits per heavy atom. The van der Waals surface area contributed by atoms with Gasteiger partial charge in [0.2, 0.25) is 0 Å². The highest BCUT2D eigenvalue weighted by atomic mass is 32.1. The van der Waals surface area contributed by atoms with Crippen molar-refractivity contribution in [2.45, 2.75) is 45.2 Å². The number of fused-ring (bicyclic) bond motifs is 1. The Morgan fingerprint density at radius 2 is 1.95 bits per heavy atom. The van der Waals surface area contributed by atoms with E-state index < -0.39 is 0 Å². The Kier molecular flexibility index (Phi) is 3.65. The van der Waals surface area contributed by atoms with E-state index in [0.29, 0.717) is 22.4 Å². The number of benzene rings is 1. The van der Waals surface area contributed by atoms with E-state index in [1.54, 1.807) is 6.07 Å². The van der Waals surface area contributed by atoms with Gasteiger partial charge < -0.3 is 14.7 Å². The molecule has 2 heterocycles. The molecule has 1 fully saturated rings. The summed E-state index contributed by atoms with van der Waals surface area (Å²) in [4.78, 5) is 3.10. The van der Waals surface area contributed by atoms with Gasteiger partial charge in [-0.15, -0.1) is 0 Å². The average molecular weight is 309 g/mol. The monoisotopic (exact) mass is 309 g/mol. The van der Waals surface area contributed by atoms with Gasteiger partial charge >= 0.3 is 0 Å². The molecule has 0 bridgehead atoms. The molecule has 2 atom stereocenters. The number of piperidine rings is 1. The van der Waals surface area contributed by atoms with Gasteiger partial charge in [-0.05, 0) is 45.3 Å². The smallest absolute Gasteiger partial charge is 0.197 e. The fourth-order valence-electron chi connectivity index (χ4n) is 3.28. The summed E-state index contributed by atoms with van der Waals surface area (Å²) in [5.74, 6) is -0.143. The van der Waals surface area contributed by atoms with Crippen LogP contribution in [0.5, 0.6) is 5.75 Å². The number of rotatable bonds is 2. The van der Waals surface area contributed by atoms with Crippen molar-refractivity contribution in [3.05, 3.63) is 22.7 Å². The Bertz CT molecular complexity index is 714. The summed E-state index contributed by atoms with van der Waals surface area (Å²) in [6, 6.07) is 3.95. The van der Waals surface area contributed by atoms with Crippen LogP contribution in [0.4, 0.5) is 4.39 Å². The van der Waals surface area contributed by atoms with Crippen molar-refractivity contribution in [2.75, 3.05) is 12.1 Å². The van der Waals surface area contributed by atoms with E-state index >= 15 is 0 Å². The van der Waals surface area contributed by atoms with Crippen LogP contribution in [0.25, 0.3) is 11.0 Å². The third kappa shape index (κ3) is 2.31. The SMILES string of the molecule is COc1cc2c(cc1F)[nH]c(=S)n2N1C(C)CCCC1C. The highest BCUT2D eigenvalue weighted by molar-refractivity contribution is 7.71. The number of aromatic nitrogens is 2. The first-order valence-corrected chi connectivity index (χ1v) is 7.70. The Labute approximate surface area is 128 Å². The topological polar surface area (TPSA) is 33.2 Å². The fraction of sp³-hybridized carbons (Fsp3) is 0.533. The summed E-state index contributed by atoms with van der Waals surface area (Å²) in [7, 11) is 1.47. The van der Waals surface area contributed by atoms with E-state index in [4.69, 9.17) is 17.0 Å². The number of hydrogen-bond acceptors (Lipinski definition) is 3. The molecule has 1 aliphatic rings. The summed E-state index contributed by atoms with van der Waals surface area (Å²) in [5, 5.41) is 2.29. The molecule has 1 N–H and O–H groups in total. The molecule has 1 aromatic carbocycles. The quantitative estimate of drug-likeness (QED) is 0.858. The summed E-state index contributed by atoms with van der Waals surface area (Å²) >= 11 is 5.46. The summed E-state index contributed by atoms with van der Waals surface area (Å²) in [5.41, 5.74) is 1.56. The maximum Gasteiger partial charge on any atom is 0.197 e. The Hall–Kier alpha value is -1.56. The lowest BCUT2D eigenvalue weighted by atomic mass is 10.00. The van der Waals surface area contributed by atoms with Gasteiger partial charge in [-0.25, -0.2) is 9.07 Å². The van der Waals surface area contributed by atoms with Crippen LogP contribution in [0.3, 0.4) is 0 Å². The molecule has 6 heteroatoms. The van der Waals surface area contributed by atoms with Gasteiger partial charge in [0.25, 0.3) is 0 Å². The zero-order valence-electron chi connectivity index (χ0n) is 12.5. The van der Waals surface area contributed by atoms with Crippen LogP contribution in [-0.4, -0.2) is 28.9 Å². The third-order valence-corrected chi connectivity index (χ3v) is 4.59. The molecule has 0 aliphatic carbocycles. The van der Waals surface area contributed by atoms with E-state index in [1.807, 2.05) is 4.68 Å². The van der Waals surface area contributed by atoms with Gasteiger partial charge in [0.1, 0.15) is 0 Å². The number of imidazole rings is 1. The molecule has 0 saturated carbocycles. The second-order valence-electron chi connectivity index (χ2n) is 5.75. The lowest BCUT2D eigenvalue weighted by molar-refractivity contribution is 0.339. The van der Waals surface area contributed by atoms with Crippen LogP contribution in [0.1, 0.15) is 33.1 Å². The normalized spacial score (nSPS) is 22.8. The van der Waals surface area contributed by atoms with Crippen molar-refractivity contribution in [2.24, 2.45) is 0 Å². The zero-order valence-corrected chi connectivity index (χ0v) is 13.3. The van der Waals surface area contributed by atoms with Crippen LogP contribution in [0, 0.1) is 10.6 Å². The number of halogens is 1. The van der Waals surface area contributed by atoms with Gasteiger partial charge in [0.15, 0.2) is 16.3 Å². The van der Waals surface area contributed by atoms with Crippen molar-refractivity contribution in [1.29, 1.82) is 0 Å². The number of aromatic amines is 1. The zero-order chi connectivity index (χ0) is 15.1. The third-order valence-electron chi connectivity index (χ3n) is 4.31. The maximum absolute atomic E-state index is 13.9. The molecule has 0 amide bonds. The molecular weight excluding hydrogens is 289 g/mol. The van der Waals surface area contributed by atoms with E-state index in [0.717, 1.165) is 18.4 Å². The van der Waals surface area contributed by atoms with Crippen LogP contribution < -0.4 is 9.75 Å². The predicted octanol–water partition coefficient (Wildman–Crippen LogP) is 3.75. The van der Waals surface area contributed by atoms with Crippen LogP contribution >= 0.6 is 12.2 Å². The van der Waals surface area contributed by atoms with Crippen molar-refractivity contribution < 1.29 is 9.13 Å². The molecule has 114 valence electrons. The molecule has 1 aromatic heterocycles. The van der Waals surface area contributed by atoms with Crippen molar-refractivity contribution in [1.82, 2.24) is 9.66 Å². The van der Waals surface area contributed by atoms with Crippen molar-refractivity contribution in [3.8, 4) is 5.75 Å². The predicted molar refractivity (Wildman–Crippen MR) is 84.6 cm³/mol. The maximum atomic E-state index is 13.9. The Balaban J connectivity index is 2.21. The first kappa shape index (κ1) is 14.4. The van der Waals surface area contributed by atoms with E-state index in [-0.39, 0.29) is 11.6 Å². The highest BCUT2D eigenvalue weighted by Crippen LogP contribution is 2.28. The van der Waals surface area contributed by atoms with Crippen LogP contribution in [0.15, 0.2) is 12.1 Å². The van der Waals surface area contributed by atoms with E-state index in [9.17, 15) is 4.39 Å². The standard InChI is InChI=1S/C15H20FN3OS/c1-9-5-4-6-10(2)18(9)19-13-8-14(20-3)11(16)7-12(13)17-15(19)21/h7-10H,4-6H2,1-3H3,(H,17,21). The van der Waals surface area contributed by atoms with Gasteiger partial charge in [0.05, 0.1) is 18.1 Å². The number of nitrogens with zero attached hydrogens (tertiary/aromatic N) is 2. The molecule has 21 heavy (non-hydrogen) atoms. The minimum Gasteiger partial charge on any atom is -0.494 e. The van der Waals surface area contributed by atoms with Crippen LogP contribution in [-0.2, 0) is 0 Å². The minimum absolute atomic E-state index is 0.238. The van der Waals surface area contributed by atoms with E-state index in [1.165, 1.54) is 19.6 Å². The van der Waals surface area contributed by atoms with Crippen LogP contribution in [0.2, 0.25) is 0 Å². The lowest BCUT2D eigenvalue weighted by Crippen LogP contribution is -2.50. The molecule has 2 unspecified atom stereocenters. The van der Waals surface area contributed by atoms with E-state index in [2.05, 4.69) is 23.8 Å². The number of H-pyrrole nitrogens is 1. The summed E-state index contributed by atoms with van der Waals surface area (Å²) in [6.07, 6.45) is 3.50. The summed E-state index contributed by atoms with van der Waals surface area (Å²) < 4.78 is 21.6. The fourth-order valence-corrected chi connectivity index (χ4v) is 3.59. The molecule has 2 aromatic rings. The second kappa shape index (κ2) is 5.33. The Morgan fingerprint density at radius 3 is 2.57 bits per heavy atom. The molecule has 4 nitrogen and oxygen atoms in total. The molecule has 0 radical (unpaired) electrons. The average Bonchev–Trinajstić information content (AvgIpc) is 2.73. The molecular formula is C15H20FN3OS. The molecule has 1 saturated heterocycles. The van der Waals surface area contributed by atoms with Gasteiger partial charge in [-0.1, -0.05) is 0 Å². The van der Waals surface area contributed by atoms with Gasteiger partial charge in [0, 0.05) is 24.2 Å². The first-order chi connectivity index (χ1) is 10.0. The molecule has 3 rings (SSSR count). The summed E-state index contributed by atoms with van der Waals surface area (Å²) in [6.45, 7) is 4.41. The minimum atomic E-state index is -0.381. The molecule has 1 aliphatic heterocycles. The number of hydrogen-bond donors (Lipinski definition) is 1. The largest absolute Gasteiger partial charge is 0.494 e. The van der Waals surface area contributed by atoms with Gasteiger partial charge in [-0.2, -0.15) is 0 Å². The second-order valence-corrected chi connectivity index (χ2v) is 6.14. The number of nitrogens with one attached hydrogen (secondary N) is 1. The first-order valence-electron chi connectivity index (χ1n) is 7.29.